The highest BCUT2D eigenvalue weighted by Gasteiger charge is 2.48. The molecule has 4 rings (SSSR count). The van der Waals surface area contributed by atoms with E-state index in [4.69, 9.17) is 14.0 Å². The average Bonchev–Trinajstić information content (AvgIpc) is 3.14. The Hall–Kier alpha value is -3.54. The molecule has 0 spiro atoms. The lowest BCUT2D eigenvalue weighted by molar-refractivity contribution is -0.147. The van der Waals surface area contributed by atoms with Crippen LogP contribution in [0.25, 0.3) is 11.0 Å². The molecule has 0 amide bonds. The minimum atomic E-state index is -0.783. The highest BCUT2D eigenvalue weighted by atomic mass is 16.7. The Morgan fingerprint density at radius 3 is 2.57 bits per heavy atom. The molecule has 1 fully saturated rings. The van der Waals surface area contributed by atoms with Gasteiger partial charge in [-0.2, -0.15) is 0 Å². The van der Waals surface area contributed by atoms with E-state index in [-0.39, 0.29) is 12.0 Å². The van der Waals surface area contributed by atoms with Gasteiger partial charge in [0.2, 0.25) is 0 Å². The number of carbonyl (C=O) groups is 1. The molecule has 2 heterocycles. The number of para-hydroxylation sites is 2. The van der Waals surface area contributed by atoms with Gasteiger partial charge in [-0.15, -0.1) is 0 Å². The van der Waals surface area contributed by atoms with Crippen molar-refractivity contribution in [3.63, 3.8) is 0 Å². The van der Waals surface area contributed by atoms with Crippen molar-refractivity contribution in [1.82, 2.24) is 0 Å². The Morgan fingerprint density at radius 2 is 1.83 bits per heavy atom. The summed E-state index contributed by atoms with van der Waals surface area (Å²) in [6.45, 7) is 3.95. The summed E-state index contributed by atoms with van der Waals surface area (Å²) < 4.78 is 11.1. The molecule has 1 aliphatic heterocycles. The first-order chi connectivity index (χ1) is 14.7. The van der Waals surface area contributed by atoms with Crippen LogP contribution >= 0.6 is 0 Å². The van der Waals surface area contributed by atoms with Crippen molar-refractivity contribution in [1.29, 1.82) is 0 Å². The van der Waals surface area contributed by atoms with E-state index in [0.29, 0.717) is 28.7 Å². The molecule has 154 valence electrons. The summed E-state index contributed by atoms with van der Waals surface area (Å²) in [5.74, 6) is -0.750. The van der Waals surface area contributed by atoms with Crippen molar-refractivity contribution < 1.29 is 18.8 Å². The van der Waals surface area contributed by atoms with E-state index in [2.05, 4.69) is 0 Å². The van der Waals surface area contributed by atoms with Crippen molar-refractivity contribution in [2.45, 2.75) is 26.3 Å². The van der Waals surface area contributed by atoms with E-state index in [1.807, 2.05) is 49.4 Å². The fraction of sp³-hybridized carbons (Fsp3) is 0.250. The molecule has 2 aromatic carbocycles. The number of hydrogen-bond acceptors (Lipinski definition) is 6. The standard InChI is InChI=1S/C24H23NO5/c1-3-10-20-21(24(27)28-4-2)22(25(30-20)16-11-6-5-7-12-16)18-15-29-19-14-9-8-13-17(19)23(18)26/h5-15,21-22H,3-4H2,1-2H3/b20-10+. The predicted octanol–water partition coefficient (Wildman–Crippen LogP) is 4.76. The van der Waals surface area contributed by atoms with Crippen LogP contribution in [0, 0.1) is 5.92 Å². The smallest absolute Gasteiger partial charge is 0.319 e. The summed E-state index contributed by atoms with van der Waals surface area (Å²) in [4.78, 5) is 32.4. The van der Waals surface area contributed by atoms with Gasteiger partial charge in [0.25, 0.3) is 0 Å². The predicted molar refractivity (Wildman–Crippen MR) is 114 cm³/mol. The van der Waals surface area contributed by atoms with Gasteiger partial charge < -0.3 is 14.0 Å². The van der Waals surface area contributed by atoms with E-state index in [9.17, 15) is 9.59 Å². The minimum absolute atomic E-state index is 0.196. The molecular formula is C24H23NO5. The topological polar surface area (TPSA) is 69.0 Å². The maximum absolute atomic E-state index is 13.4. The minimum Gasteiger partial charge on any atom is -0.465 e. The first-order valence-corrected chi connectivity index (χ1v) is 10.0. The summed E-state index contributed by atoms with van der Waals surface area (Å²) in [5.41, 5.74) is 1.37. The van der Waals surface area contributed by atoms with E-state index in [0.717, 1.165) is 5.69 Å². The van der Waals surface area contributed by atoms with Crippen LogP contribution < -0.4 is 10.5 Å². The number of hydrogen-bond donors (Lipinski definition) is 0. The van der Waals surface area contributed by atoms with E-state index in [1.165, 1.54) is 6.26 Å². The zero-order valence-electron chi connectivity index (χ0n) is 16.9. The molecule has 1 aromatic heterocycles. The second kappa shape index (κ2) is 8.45. The van der Waals surface area contributed by atoms with Crippen LogP contribution in [0.2, 0.25) is 0 Å². The van der Waals surface area contributed by atoms with Crippen molar-refractivity contribution in [3.8, 4) is 0 Å². The molecule has 0 saturated carbocycles. The molecule has 1 saturated heterocycles. The van der Waals surface area contributed by atoms with E-state index < -0.39 is 17.9 Å². The van der Waals surface area contributed by atoms with E-state index >= 15 is 0 Å². The highest BCUT2D eigenvalue weighted by Crippen LogP contribution is 2.44. The fourth-order valence-electron chi connectivity index (χ4n) is 3.75. The molecule has 3 aromatic rings. The van der Waals surface area contributed by atoms with Gasteiger partial charge in [0.15, 0.2) is 5.43 Å². The maximum Gasteiger partial charge on any atom is 0.319 e. The van der Waals surface area contributed by atoms with Crippen molar-refractivity contribution in [3.05, 3.63) is 88.5 Å². The Morgan fingerprint density at radius 1 is 1.10 bits per heavy atom. The zero-order valence-corrected chi connectivity index (χ0v) is 16.9. The van der Waals surface area contributed by atoms with Crippen LogP contribution in [0.1, 0.15) is 31.9 Å². The quantitative estimate of drug-likeness (QED) is 0.570. The van der Waals surface area contributed by atoms with Gasteiger partial charge in [-0.25, -0.2) is 5.06 Å². The van der Waals surface area contributed by atoms with Crippen LogP contribution in [0.15, 0.2) is 81.9 Å². The monoisotopic (exact) mass is 405 g/mol. The second-order valence-electron chi connectivity index (χ2n) is 6.96. The van der Waals surface area contributed by atoms with Gasteiger partial charge in [-0.05, 0) is 43.7 Å². The first-order valence-electron chi connectivity index (χ1n) is 10.0. The van der Waals surface area contributed by atoms with Gasteiger partial charge >= 0.3 is 5.97 Å². The zero-order chi connectivity index (χ0) is 21.1. The number of anilines is 1. The van der Waals surface area contributed by atoms with Gasteiger partial charge in [-0.1, -0.05) is 37.3 Å². The lowest BCUT2D eigenvalue weighted by atomic mass is 9.91. The lowest BCUT2D eigenvalue weighted by Crippen LogP contribution is -2.32. The average molecular weight is 405 g/mol. The van der Waals surface area contributed by atoms with Crippen LogP contribution in [0.3, 0.4) is 0 Å². The number of esters is 1. The van der Waals surface area contributed by atoms with Gasteiger partial charge in [0.1, 0.15) is 29.6 Å². The number of ether oxygens (including phenoxy) is 1. The molecular weight excluding hydrogens is 382 g/mol. The van der Waals surface area contributed by atoms with Crippen molar-refractivity contribution in [2.24, 2.45) is 5.92 Å². The summed E-state index contributed by atoms with van der Waals surface area (Å²) >= 11 is 0. The normalized spacial score (nSPS) is 19.8. The number of benzene rings is 2. The van der Waals surface area contributed by atoms with E-state index in [1.54, 1.807) is 30.2 Å². The largest absolute Gasteiger partial charge is 0.465 e. The number of rotatable bonds is 5. The maximum atomic E-state index is 13.4. The SMILES string of the molecule is CC/C=C1/ON(c2ccccc2)C(c2coc3ccccc3c2=O)C1C(=O)OCC. The van der Waals surface area contributed by atoms with Gasteiger partial charge in [-0.3, -0.25) is 9.59 Å². The molecule has 2 unspecified atom stereocenters. The summed E-state index contributed by atoms with van der Waals surface area (Å²) in [5, 5.41) is 2.06. The van der Waals surface area contributed by atoms with Crippen LogP contribution in [0.4, 0.5) is 5.69 Å². The lowest BCUT2D eigenvalue weighted by Gasteiger charge is -2.25. The summed E-state index contributed by atoms with van der Waals surface area (Å²) in [6.07, 6.45) is 3.95. The van der Waals surface area contributed by atoms with Crippen molar-refractivity contribution >= 4 is 22.6 Å². The van der Waals surface area contributed by atoms with Crippen LogP contribution in [-0.4, -0.2) is 12.6 Å². The fourth-order valence-corrected chi connectivity index (χ4v) is 3.75. The Labute approximate surface area is 174 Å². The molecule has 0 aliphatic carbocycles. The van der Waals surface area contributed by atoms with Crippen molar-refractivity contribution in [2.75, 3.05) is 11.7 Å². The molecule has 0 bridgehead atoms. The number of fused-ring (bicyclic) bond motifs is 1. The third-order valence-corrected chi connectivity index (χ3v) is 5.06. The Bertz CT molecular complexity index is 1140. The number of nitrogens with zero attached hydrogens (tertiary/aromatic N) is 1. The number of carbonyl (C=O) groups excluding carboxylic acids is 1. The molecule has 0 N–H and O–H groups in total. The second-order valence-corrected chi connectivity index (χ2v) is 6.96. The third kappa shape index (κ3) is 3.45. The van der Waals surface area contributed by atoms with Crippen LogP contribution in [0.5, 0.6) is 0 Å². The molecule has 0 radical (unpaired) electrons. The highest BCUT2D eigenvalue weighted by molar-refractivity contribution is 5.80. The number of hydroxylamine groups is 1. The van der Waals surface area contributed by atoms with Gasteiger partial charge in [0, 0.05) is 0 Å². The molecule has 30 heavy (non-hydrogen) atoms. The first kappa shape index (κ1) is 19.8. The third-order valence-electron chi connectivity index (χ3n) is 5.06. The van der Waals surface area contributed by atoms with Crippen LogP contribution in [-0.2, 0) is 14.4 Å². The molecule has 6 nitrogen and oxygen atoms in total. The summed E-state index contributed by atoms with van der Waals surface area (Å²) in [6, 6.07) is 15.7. The Kier molecular flexibility index (Phi) is 5.57. The van der Waals surface area contributed by atoms with Gasteiger partial charge in [0.05, 0.1) is 23.2 Å². The molecule has 2 atom stereocenters. The Balaban J connectivity index is 1.92. The number of allylic oxidation sites excluding steroid dienone is 1. The molecule has 6 heteroatoms. The summed E-state index contributed by atoms with van der Waals surface area (Å²) in [7, 11) is 0. The molecule has 1 aliphatic rings.